The first kappa shape index (κ1) is 25.3. The van der Waals surface area contributed by atoms with Crippen LogP contribution in [0.15, 0.2) is 114 Å². The quantitative estimate of drug-likeness (QED) is 0.198. The van der Waals surface area contributed by atoms with E-state index in [0.29, 0.717) is 0 Å². The summed E-state index contributed by atoms with van der Waals surface area (Å²) >= 11 is 0. The van der Waals surface area contributed by atoms with Gasteiger partial charge in [-0.1, -0.05) is 60.0 Å². The van der Waals surface area contributed by atoms with Gasteiger partial charge in [-0.25, -0.2) is 0 Å². The van der Waals surface area contributed by atoms with E-state index in [9.17, 15) is 0 Å². The molecular weight excluding hydrogens is 452 g/mol. The molecule has 4 heteroatoms. The Balaban J connectivity index is 1.94. The van der Waals surface area contributed by atoms with E-state index in [1.807, 2.05) is 28.2 Å². The maximum Gasteiger partial charge on any atom is 0.0400 e. The summed E-state index contributed by atoms with van der Waals surface area (Å²) in [5.41, 5.74) is 20.5. The molecule has 0 fully saturated rings. The van der Waals surface area contributed by atoms with Crippen molar-refractivity contribution in [3.8, 4) is 0 Å². The van der Waals surface area contributed by atoms with Gasteiger partial charge in [0.15, 0.2) is 0 Å². The van der Waals surface area contributed by atoms with Crippen LogP contribution in [-0.4, -0.2) is 28.2 Å². The molecule has 0 unspecified atom stereocenters. The first-order valence-electron chi connectivity index (χ1n) is 12.3. The fourth-order valence-electron chi connectivity index (χ4n) is 3.99. The Labute approximate surface area is 219 Å². The maximum absolute atomic E-state index is 3.41. The molecule has 4 aromatic rings. The van der Waals surface area contributed by atoms with Gasteiger partial charge in [-0.15, -0.1) is 0 Å². The SMILES string of the molecule is CNc1ccc(C(=C=C=C=C(c2ccc(NC)cc2)c2ccc(NC)cc2)c2ccc(NC)cc2)cc1. The third kappa shape index (κ3) is 6.24. The van der Waals surface area contributed by atoms with Gasteiger partial charge in [-0.2, -0.15) is 0 Å². The lowest BCUT2D eigenvalue weighted by Gasteiger charge is -2.08. The lowest BCUT2D eigenvalue weighted by molar-refractivity contribution is 1.47. The van der Waals surface area contributed by atoms with Crippen LogP contribution in [0.25, 0.3) is 11.1 Å². The average Bonchev–Trinajstić information content (AvgIpc) is 2.98. The highest BCUT2D eigenvalue weighted by Gasteiger charge is 2.07. The van der Waals surface area contributed by atoms with E-state index in [0.717, 1.165) is 56.1 Å². The third-order valence-electron chi connectivity index (χ3n) is 6.22. The van der Waals surface area contributed by atoms with Crippen molar-refractivity contribution in [3.63, 3.8) is 0 Å². The molecule has 4 aromatic carbocycles. The molecule has 0 amide bonds. The molecule has 0 aliphatic heterocycles. The van der Waals surface area contributed by atoms with Crippen LogP contribution in [0.5, 0.6) is 0 Å². The smallest absolute Gasteiger partial charge is 0.0400 e. The minimum Gasteiger partial charge on any atom is -0.388 e. The highest BCUT2D eigenvalue weighted by atomic mass is 14.8. The first-order chi connectivity index (χ1) is 18.1. The lowest BCUT2D eigenvalue weighted by atomic mass is 9.97. The molecule has 37 heavy (non-hydrogen) atoms. The molecule has 4 rings (SSSR count). The second-order valence-corrected chi connectivity index (χ2v) is 8.43. The van der Waals surface area contributed by atoms with Crippen LogP contribution in [0.1, 0.15) is 22.3 Å². The standard InChI is InChI=1S/C33H32N4/c1-34-28-16-8-24(9-17-28)32(25-10-18-29(35-2)19-11-25)6-5-7-33(26-12-20-30(36-3)21-13-26)27-14-22-31(37-4)23-15-27/h8-23,34-37H,1-4H3. The Hall–Kier alpha value is -4.84. The second kappa shape index (κ2) is 12.2. The predicted octanol–water partition coefficient (Wildman–Crippen LogP) is 7.33. The minimum atomic E-state index is 0.952. The number of hydrogen-bond acceptors (Lipinski definition) is 4. The van der Waals surface area contributed by atoms with Crippen LogP contribution in [-0.2, 0) is 0 Å². The second-order valence-electron chi connectivity index (χ2n) is 8.43. The number of anilines is 4. The maximum atomic E-state index is 3.41. The monoisotopic (exact) mass is 484 g/mol. The van der Waals surface area contributed by atoms with E-state index in [-0.39, 0.29) is 0 Å². The molecule has 184 valence electrons. The number of benzene rings is 4. The highest BCUT2D eigenvalue weighted by Crippen LogP contribution is 2.27. The van der Waals surface area contributed by atoms with E-state index in [1.165, 1.54) is 0 Å². The van der Waals surface area contributed by atoms with Crippen molar-refractivity contribution >= 4 is 33.9 Å². The van der Waals surface area contributed by atoms with Gasteiger partial charge in [-0.05, 0) is 76.5 Å². The van der Waals surface area contributed by atoms with E-state index in [2.05, 4.69) is 136 Å². The molecule has 4 nitrogen and oxygen atoms in total. The zero-order valence-corrected chi connectivity index (χ0v) is 21.7. The van der Waals surface area contributed by atoms with Crippen LogP contribution in [0.2, 0.25) is 0 Å². The Morgan fingerprint density at radius 3 is 0.784 bits per heavy atom. The largest absolute Gasteiger partial charge is 0.388 e. The first-order valence-corrected chi connectivity index (χ1v) is 12.3. The van der Waals surface area contributed by atoms with E-state index in [4.69, 9.17) is 0 Å². The van der Waals surface area contributed by atoms with Crippen molar-refractivity contribution in [2.45, 2.75) is 0 Å². The van der Waals surface area contributed by atoms with E-state index >= 15 is 0 Å². The van der Waals surface area contributed by atoms with Gasteiger partial charge in [0, 0.05) is 62.1 Å². The van der Waals surface area contributed by atoms with Crippen molar-refractivity contribution < 1.29 is 0 Å². The summed E-state index contributed by atoms with van der Waals surface area (Å²) < 4.78 is 0. The fourth-order valence-corrected chi connectivity index (χ4v) is 3.99. The molecule has 0 saturated heterocycles. The predicted molar refractivity (Wildman–Crippen MR) is 160 cm³/mol. The Bertz CT molecular complexity index is 1250. The Morgan fingerprint density at radius 1 is 0.378 bits per heavy atom. The topological polar surface area (TPSA) is 48.1 Å². The van der Waals surface area contributed by atoms with Crippen molar-refractivity contribution in [2.75, 3.05) is 49.5 Å². The molecular formula is C33H32N4. The summed E-state index contributed by atoms with van der Waals surface area (Å²) in [6.45, 7) is 0. The van der Waals surface area contributed by atoms with Crippen molar-refractivity contribution in [1.82, 2.24) is 0 Å². The minimum absolute atomic E-state index is 0.952. The summed E-state index contributed by atoms with van der Waals surface area (Å²) in [5.74, 6) is 0. The summed E-state index contributed by atoms with van der Waals surface area (Å²) in [6, 6.07) is 33.3. The molecule has 4 N–H and O–H groups in total. The van der Waals surface area contributed by atoms with Crippen LogP contribution in [0, 0.1) is 0 Å². The van der Waals surface area contributed by atoms with E-state index < -0.39 is 0 Å². The van der Waals surface area contributed by atoms with Gasteiger partial charge >= 0.3 is 0 Å². The molecule has 0 spiro atoms. The average molecular weight is 485 g/mol. The normalized spacial score (nSPS) is 9.84. The summed E-state index contributed by atoms with van der Waals surface area (Å²) in [7, 11) is 7.68. The Morgan fingerprint density at radius 2 is 0.595 bits per heavy atom. The molecule has 0 radical (unpaired) electrons. The summed E-state index contributed by atoms with van der Waals surface area (Å²) in [4.78, 5) is 0. The molecule has 0 atom stereocenters. The zero-order chi connectivity index (χ0) is 26.0. The van der Waals surface area contributed by atoms with Crippen molar-refractivity contribution in [3.05, 3.63) is 137 Å². The van der Waals surface area contributed by atoms with Crippen molar-refractivity contribution in [2.24, 2.45) is 0 Å². The summed E-state index contributed by atoms with van der Waals surface area (Å²) in [5, 5.41) is 12.7. The zero-order valence-electron chi connectivity index (χ0n) is 21.7. The summed E-state index contributed by atoms with van der Waals surface area (Å²) in [6.07, 6.45) is 0. The molecule has 0 saturated carbocycles. The fraction of sp³-hybridized carbons (Fsp3) is 0.121. The Kier molecular flexibility index (Phi) is 8.34. The van der Waals surface area contributed by atoms with Crippen LogP contribution in [0.4, 0.5) is 22.7 Å². The molecule has 0 bridgehead atoms. The molecule has 0 aromatic heterocycles. The van der Waals surface area contributed by atoms with Gasteiger partial charge < -0.3 is 21.3 Å². The van der Waals surface area contributed by atoms with Crippen molar-refractivity contribution in [1.29, 1.82) is 0 Å². The number of nitrogens with one attached hydrogen (secondary N) is 4. The molecule has 0 heterocycles. The van der Waals surface area contributed by atoms with Gasteiger partial charge in [0.2, 0.25) is 0 Å². The lowest BCUT2D eigenvalue weighted by Crippen LogP contribution is -1.92. The molecule has 0 aliphatic rings. The highest BCUT2D eigenvalue weighted by molar-refractivity contribution is 5.82. The molecule has 0 aliphatic carbocycles. The van der Waals surface area contributed by atoms with Gasteiger partial charge in [-0.3, -0.25) is 0 Å². The number of rotatable bonds is 8. The van der Waals surface area contributed by atoms with Gasteiger partial charge in [0.05, 0.1) is 0 Å². The van der Waals surface area contributed by atoms with Crippen LogP contribution in [0.3, 0.4) is 0 Å². The third-order valence-corrected chi connectivity index (χ3v) is 6.22. The van der Waals surface area contributed by atoms with Crippen LogP contribution >= 0.6 is 0 Å². The van der Waals surface area contributed by atoms with E-state index in [1.54, 1.807) is 0 Å². The van der Waals surface area contributed by atoms with Crippen LogP contribution < -0.4 is 21.3 Å². The van der Waals surface area contributed by atoms with Gasteiger partial charge in [0.25, 0.3) is 0 Å². The number of hydrogen-bond donors (Lipinski definition) is 4. The van der Waals surface area contributed by atoms with Gasteiger partial charge in [0.1, 0.15) is 0 Å².